The Kier molecular flexibility index (Phi) is 4.33. The lowest BCUT2D eigenvalue weighted by atomic mass is 10.2. The maximum atomic E-state index is 9.06. The molecule has 0 radical (unpaired) electrons. The fourth-order valence-electron chi connectivity index (χ4n) is 1.45. The molecule has 0 bridgehead atoms. The van der Waals surface area contributed by atoms with Crippen LogP contribution in [0.3, 0.4) is 0 Å². The van der Waals surface area contributed by atoms with Crippen molar-refractivity contribution in [2.24, 2.45) is 0 Å². The quantitative estimate of drug-likeness (QED) is 0.716. The second-order valence-electron chi connectivity index (χ2n) is 3.55. The highest BCUT2D eigenvalue weighted by atomic mass is 127. The largest absolute Gasteiger partial charge is 0.354 e. The van der Waals surface area contributed by atoms with Crippen molar-refractivity contribution in [3.8, 4) is 6.07 Å². The molecule has 0 heterocycles. The topological polar surface area (TPSA) is 35.8 Å². The number of nitriles is 1. The van der Waals surface area contributed by atoms with Crippen LogP contribution in [0.15, 0.2) is 36.4 Å². The maximum absolute atomic E-state index is 9.06. The average Bonchev–Trinajstić information content (AvgIpc) is 2.34. The smallest absolute Gasteiger partial charge is 0.101 e. The van der Waals surface area contributed by atoms with Crippen LogP contribution in [0.2, 0.25) is 10.0 Å². The maximum Gasteiger partial charge on any atom is 0.101 e. The van der Waals surface area contributed by atoms with Crippen LogP contribution in [0, 0.1) is 14.9 Å². The van der Waals surface area contributed by atoms with Crippen molar-refractivity contribution >= 4 is 57.2 Å². The molecular weight excluding hydrogens is 382 g/mol. The number of hydrogen-bond acceptors (Lipinski definition) is 2. The summed E-state index contributed by atoms with van der Waals surface area (Å²) in [5.74, 6) is 0. The van der Waals surface area contributed by atoms with Gasteiger partial charge in [-0.15, -0.1) is 0 Å². The van der Waals surface area contributed by atoms with E-state index in [9.17, 15) is 0 Å². The summed E-state index contributed by atoms with van der Waals surface area (Å²) in [7, 11) is 0. The molecule has 2 rings (SSSR count). The van der Waals surface area contributed by atoms with E-state index in [0.717, 1.165) is 14.9 Å². The number of nitrogens with zero attached hydrogens (tertiary/aromatic N) is 1. The molecule has 0 amide bonds. The molecular formula is C13H7Cl2IN2. The monoisotopic (exact) mass is 388 g/mol. The minimum Gasteiger partial charge on any atom is -0.354 e. The Bertz CT molecular complexity index is 635. The number of benzene rings is 2. The van der Waals surface area contributed by atoms with Crippen molar-refractivity contribution in [3.05, 3.63) is 55.6 Å². The lowest BCUT2D eigenvalue weighted by Gasteiger charge is -2.10. The third kappa shape index (κ3) is 3.08. The van der Waals surface area contributed by atoms with Gasteiger partial charge >= 0.3 is 0 Å². The van der Waals surface area contributed by atoms with Crippen molar-refractivity contribution in [3.63, 3.8) is 0 Å². The Morgan fingerprint density at radius 2 is 1.61 bits per heavy atom. The van der Waals surface area contributed by atoms with Crippen molar-refractivity contribution < 1.29 is 0 Å². The molecule has 90 valence electrons. The van der Waals surface area contributed by atoms with Crippen LogP contribution < -0.4 is 5.32 Å². The fourth-order valence-corrected chi connectivity index (χ4v) is 2.63. The first-order valence-electron chi connectivity index (χ1n) is 5.02. The first-order chi connectivity index (χ1) is 8.60. The summed E-state index contributed by atoms with van der Waals surface area (Å²) in [5.41, 5.74) is 2.13. The van der Waals surface area contributed by atoms with E-state index >= 15 is 0 Å². The third-order valence-corrected chi connectivity index (χ3v) is 3.67. The minimum absolute atomic E-state index is 0.508. The van der Waals surface area contributed by atoms with Gasteiger partial charge in [-0.05, 0) is 59.0 Å². The Hall–Kier alpha value is -0.960. The third-order valence-electron chi connectivity index (χ3n) is 2.30. The summed E-state index contributed by atoms with van der Waals surface area (Å²) in [4.78, 5) is 0. The summed E-state index contributed by atoms with van der Waals surface area (Å²) in [6.07, 6.45) is 0. The molecule has 0 saturated heterocycles. The molecule has 0 aliphatic carbocycles. The first kappa shape index (κ1) is 13.5. The first-order valence-corrected chi connectivity index (χ1v) is 6.85. The predicted octanol–water partition coefficient (Wildman–Crippen LogP) is 5.21. The summed E-state index contributed by atoms with van der Waals surface area (Å²) in [6.45, 7) is 0. The SMILES string of the molecule is N#Cc1cc(Cl)ccc1Nc1ccc(Cl)cc1I. The molecule has 0 fully saturated rings. The van der Waals surface area contributed by atoms with Crippen molar-refractivity contribution in [1.82, 2.24) is 0 Å². The Morgan fingerprint density at radius 1 is 1.00 bits per heavy atom. The zero-order chi connectivity index (χ0) is 13.1. The molecule has 18 heavy (non-hydrogen) atoms. The molecule has 0 aliphatic heterocycles. The van der Waals surface area contributed by atoms with Crippen LogP contribution in [0.5, 0.6) is 0 Å². The molecule has 2 aromatic rings. The average molecular weight is 389 g/mol. The molecule has 1 N–H and O–H groups in total. The highest BCUT2D eigenvalue weighted by Crippen LogP contribution is 2.28. The second-order valence-corrected chi connectivity index (χ2v) is 5.59. The zero-order valence-electron chi connectivity index (χ0n) is 9.05. The predicted molar refractivity (Wildman–Crippen MR) is 83.6 cm³/mol. The van der Waals surface area contributed by atoms with Gasteiger partial charge < -0.3 is 5.32 Å². The molecule has 5 heteroatoms. The van der Waals surface area contributed by atoms with Gasteiger partial charge in [0.2, 0.25) is 0 Å². The van der Waals surface area contributed by atoms with E-state index in [1.807, 2.05) is 12.1 Å². The van der Waals surface area contributed by atoms with Gasteiger partial charge in [0.1, 0.15) is 6.07 Å². The molecule has 0 spiro atoms. The second kappa shape index (κ2) is 5.79. The van der Waals surface area contributed by atoms with Crippen LogP contribution in [-0.2, 0) is 0 Å². The van der Waals surface area contributed by atoms with Gasteiger partial charge in [-0.25, -0.2) is 0 Å². The Balaban J connectivity index is 2.37. The van der Waals surface area contributed by atoms with Gasteiger partial charge in [-0.3, -0.25) is 0 Å². The van der Waals surface area contributed by atoms with E-state index in [1.165, 1.54) is 0 Å². The highest BCUT2D eigenvalue weighted by molar-refractivity contribution is 14.1. The number of nitrogens with one attached hydrogen (secondary N) is 1. The van der Waals surface area contributed by atoms with E-state index in [0.29, 0.717) is 15.6 Å². The summed E-state index contributed by atoms with van der Waals surface area (Å²) >= 11 is 13.9. The van der Waals surface area contributed by atoms with Crippen LogP contribution in [0.1, 0.15) is 5.56 Å². The lowest BCUT2D eigenvalue weighted by Crippen LogP contribution is -1.95. The van der Waals surface area contributed by atoms with Crippen molar-refractivity contribution in [1.29, 1.82) is 5.26 Å². The molecule has 0 aliphatic rings. The van der Waals surface area contributed by atoms with E-state index in [2.05, 4.69) is 34.0 Å². The van der Waals surface area contributed by atoms with Crippen molar-refractivity contribution in [2.75, 3.05) is 5.32 Å². The summed E-state index contributed by atoms with van der Waals surface area (Å²) in [5, 5.41) is 13.5. The Morgan fingerprint density at radius 3 is 2.22 bits per heavy atom. The summed E-state index contributed by atoms with van der Waals surface area (Å²) < 4.78 is 0.985. The number of rotatable bonds is 2. The molecule has 0 unspecified atom stereocenters. The zero-order valence-corrected chi connectivity index (χ0v) is 12.7. The van der Waals surface area contributed by atoms with E-state index in [-0.39, 0.29) is 0 Å². The van der Waals surface area contributed by atoms with Crippen LogP contribution in [0.4, 0.5) is 11.4 Å². The number of anilines is 2. The van der Waals surface area contributed by atoms with Gasteiger partial charge in [0.25, 0.3) is 0 Å². The van der Waals surface area contributed by atoms with E-state index in [1.54, 1.807) is 24.3 Å². The van der Waals surface area contributed by atoms with Gasteiger partial charge in [0.15, 0.2) is 0 Å². The normalized spacial score (nSPS) is 9.89. The lowest BCUT2D eigenvalue weighted by molar-refractivity contribution is 1.45. The van der Waals surface area contributed by atoms with Crippen LogP contribution in [0.25, 0.3) is 0 Å². The van der Waals surface area contributed by atoms with Crippen molar-refractivity contribution in [2.45, 2.75) is 0 Å². The Labute approximate surface area is 129 Å². The number of halogens is 3. The van der Waals surface area contributed by atoms with Crippen LogP contribution in [-0.4, -0.2) is 0 Å². The van der Waals surface area contributed by atoms with Gasteiger partial charge in [0.05, 0.1) is 16.9 Å². The van der Waals surface area contributed by atoms with Gasteiger partial charge in [0, 0.05) is 13.6 Å². The highest BCUT2D eigenvalue weighted by Gasteiger charge is 2.06. The standard InChI is InChI=1S/C13H7Cl2IN2/c14-9-1-3-12(8(5-9)7-17)18-13-4-2-10(15)6-11(13)16/h1-6,18H. The fraction of sp³-hybridized carbons (Fsp3) is 0. The molecule has 0 aromatic heterocycles. The summed E-state index contributed by atoms with van der Waals surface area (Å²) in [6, 6.07) is 12.8. The van der Waals surface area contributed by atoms with Gasteiger partial charge in [-0.2, -0.15) is 5.26 Å². The number of hydrogen-bond donors (Lipinski definition) is 1. The molecule has 0 atom stereocenters. The minimum atomic E-state index is 0.508. The molecule has 0 saturated carbocycles. The molecule has 2 nitrogen and oxygen atoms in total. The molecule has 2 aromatic carbocycles. The van der Waals surface area contributed by atoms with Crippen LogP contribution >= 0.6 is 45.8 Å². The van der Waals surface area contributed by atoms with Gasteiger partial charge in [-0.1, -0.05) is 23.2 Å². The van der Waals surface area contributed by atoms with E-state index < -0.39 is 0 Å². The van der Waals surface area contributed by atoms with E-state index in [4.69, 9.17) is 28.5 Å².